The van der Waals surface area contributed by atoms with Gasteiger partial charge in [0.25, 0.3) is 11.8 Å². The van der Waals surface area contributed by atoms with E-state index in [-0.39, 0.29) is 11.8 Å². The molecule has 4 rings (SSSR count). The first-order valence-electron chi connectivity index (χ1n) is 9.24. The Morgan fingerprint density at radius 3 is 2.69 bits per heavy atom. The van der Waals surface area contributed by atoms with Crippen LogP contribution in [0.25, 0.3) is 0 Å². The van der Waals surface area contributed by atoms with E-state index >= 15 is 0 Å². The molecule has 146 valence electrons. The Bertz CT molecular complexity index is 1120. The highest BCUT2D eigenvalue weighted by Crippen LogP contribution is 2.35. The molecule has 1 aromatic heterocycles. The molecule has 1 N–H and O–H groups in total. The predicted octanol–water partition coefficient (Wildman–Crippen LogP) is 3.16. The van der Waals surface area contributed by atoms with Crippen molar-refractivity contribution in [3.63, 3.8) is 0 Å². The summed E-state index contributed by atoms with van der Waals surface area (Å²) in [5.41, 5.74) is 2.21. The molecule has 2 amide bonds. The van der Waals surface area contributed by atoms with Crippen LogP contribution in [0.3, 0.4) is 0 Å². The summed E-state index contributed by atoms with van der Waals surface area (Å²) in [6, 6.07) is 15.6. The minimum atomic E-state index is -1.51. The third-order valence-electron chi connectivity index (χ3n) is 4.77. The van der Waals surface area contributed by atoms with E-state index in [9.17, 15) is 13.8 Å². The number of carbonyl (C=O) groups is 2. The van der Waals surface area contributed by atoms with Gasteiger partial charge in [-0.3, -0.25) is 14.6 Å². The van der Waals surface area contributed by atoms with Crippen molar-refractivity contribution >= 4 is 28.3 Å². The molecule has 3 aromatic rings. The fourth-order valence-corrected chi connectivity index (χ4v) is 4.65. The molecule has 1 unspecified atom stereocenters. The summed E-state index contributed by atoms with van der Waals surface area (Å²) in [7, 11) is -1.51. The van der Waals surface area contributed by atoms with E-state index in [1.165, 1.54) is 0 Å². The summed E-state index contributed by atoms with van der Waals surface area (Å²) in [4.78, 5) is 32.3. The maximum absolute atomic E-state index is 13.2. The number of pyridine rings is 1. The number of fused-ring (bicyclic) bond motifs is 2. The molecule has 7 heteroatoms. The molecule has 1 aliphatic rings. The zero-order valence-electron chi connectivity index (χ0n) is 15.8. The van der Waals surface area contributed by atoms with Gasteiger partial charge in [-0.05, 0) is 48.9 Å². The average molecular weight is 405 g/mol. The number of hydrogen-bond donors (Lipinski definition) is 1. The van der Waals surface area contributed by atoms with Crippen LogP contribution in [0.15, 0.2) is 76.8 Å². The molecule has 0 saturated carbocycles. The van der Waals surface area contributed by atoms with Gasteiger partial charge in [0.15, 0.2) is 0 Å². The highest BCUT2D eigenvalue weighted by molar-refractivity contribution is 7.85. The number of benzene rings is 2. The fourth-order valence-electron chi connectivity index (χ4n) is 3.31. The van der Waals surface area contributed by atoms with Gasteiger partial charge in [0.05, 0.1) is 31.8 Å². The minimum absolute atomic E-state index is 0.219. The molecule has 6 nitrogen and oxygen atoms in total. The second kappa shape index (κ2) is 7.97. The Hall–Kier alpha value is -3.32. The highest BCUT2D eigenvalue weighted by atomic mass is 32.2. The summed E-state index contributed by atoms with van der Waals surface area (Å²) in [6.45, 7) is 2.60. The molecule has 0 saturated heterocycles. The maximum atomic E-state index is 13.2. The quantitative estimate of drug-likeness (QED) is 0.723. The topological polar surface area (TPSA) is 79.4 Å². The molecule has 0 spiro atoms. The van der Waals surface area contributed by atoms with E-state index in [0.717, 1.165) is 5.56 Å². The second-order valence-electron chi connectivity index (χ2n) is 6.54. The zero-order chi connectivity index (χ0) is 20.4. The minimum Gasteiger partial charge on any atom is -0.348 e. The molecular formula is C22H19N3O3S. The molecule has 0 radical (unpaired) electrons. The maximum Gasteiger partial charge on any atom is 0.259 e. The Labute approximate surface area is 171 Å². The van der Waals surface area contributed by atoms with Crippen LogP contribution in [0, 0.1) is 0 Å². The van der Waals surface area contributed by atoms with E-state index in [4.69, 9.17) is 0 Å². The monoisotopic (exact) mass is 405 g/mol. The van der Waals surface area contributed by atoms with Crippen LogP contribution in [-0.4, -0.2) is 27.6 Å². The smallest absolute Gasteiger partial charge is 0.259 e. The first kappa shape index (κ1) is 19.0. The molecule has 29 heavy (non-hydrogen) atoms. The number of nitrogens with zero attached hydrogens (tertiary/aromatic N) is 2. The lowest BCUT2D eigenvalue weighted by atomic mass is 10.1. The largest absolute Gasteiger partial charge is 0.348 e. The van der Waals surface area contributed by atoms with E-state index in [1.54, 1.807) is 59.8 Å². The van der Waals surface area contributed by atoms with E-state index in [2.05, 4.69) is 10.3 Å². The van der Waals surface area contributed by atoms with Gasteiger partial charge in [0, 0.05) is 31.0 Å². The van der Waals surface area contributed by atoms with Crippen molar-refractivity contribution in [1.82, 2.24) is 10.3 Å². The van der Waals surface area contributed by atoms with E-state index in [1.807, 2.05) is 19.1 Å². The average Bonchev–Trinajstić information content (AvgIpc) is 2.86. The van der Waals surface area contributed by atoms with Crippen molar-refractivity contribution in [2.75, 3.05) is 11.4 Å². The van der Waals surface area contributed by atoms with Crippen LogP contribution in [0.4, 0.5) is 5.69 Å². The normalized spacial score (nSPS) is 15.3. The molecule has 2 aromatic carbocycles. The van der Waals surface area contributed by atoms with E-state index in [0.29, 0.717) is 39.7 Å². The second-order valence-corrected chi connectivity index (χ2v) is 7.96. The summed E-state index contributed by atoms with van der Waals surface area (Å²) in [5, 5.41) is 2.85. The van der Waals surface area contributed by atoms with Crippen LogP contribution in [0.1, 0.15) is 33.2 Å². The van der Waals surface area contributed by atoms with Crippen molar-refractivity contribution in [3.05, 3.63) is 83.7 Å². The van der Waals surface area contributed by atoms with Gasteiger partial charge in [-0.15, -0.1) is 0 Å². The summed E-state index contributed by atoms with van der Waals surface area (Å²) in [5.74, 6) is -0.490. The van der Waals surface area contributed by atoms with Crippen molar-refractivity contribution < 1.29 is 13.8 Å². The number of nitrogens with one attached hydrogen (secondary N) is 1. The summed E-state index contributed by atoms with van der Waals surface area (Å²) >= 11 is 0. The molecule has 0 aliphatic carbocycles. The van der Waals surface area contributed by atoms with Crippen molar-refractivity contribution in [1.29, 1.82) is 0 Å². The lowest BCUT2D eigenvalue weighted by Crippen LogP contribution is -2.31. The molecular weight excluding hydrogens is 386 g/mol. The molecule has 0 fully saturated rings. The van der Waals surface area contributed by atoms with Crippen LogP contribution in [-0.2, 0) is 17.3 Å². The molecule has 1 aliphatic heterocycles. The van der Waals surface area contributed by atoms with Crippen LogP contribution >= 0.6 is 0 Å². The standard InChI is InChI=1S/C22H19N3O3S/c1-2-25-18-12-16(21(26)24-14-15-6-5-11-23-13-15)9-10-20(18)29(28)19-8-4-3-7-17(19)22(25)27/h3-13H,2,14H2,1H3,(H,24,26). The van der Waals surface area contributed by atoms with Gasteiger partial charge in [0.2, 0.25) is 0 Å². The number of aromatic nitrogens is 1. The first-order chi connectivity index (χ1) is 14.1. The fraction of sp³-hybridized carbons (Fsp3) is 0.136. The first-order valence-corrected chi connectivity index (χ1v) is 10.4. The number of anilines is 1. The third-order valence-corrected chi connectivity index (χ3v) is 6.27. The number of amides is 2. The lowest BCUT2D eigenvalue weighted by Gasteiger charge is -2.21. The third kappa shape index (κ3) is 3.56. The number of rotatable bonds is 4. The SMILES string of the molecule is CCN1C(=O)c2ccccc2S(=O)c2ccc(C(=O)NCc3cccnc3)cc21. The van der Waals surface area contributed by atoms with Gasteiger partial charge in [-0.25, -0.2) is 4.21 Å². The lowest BCUT2D eigenvalue weighted by molar-refractivity contribution is 0.0947. The number of hydrogen-bond acceptors (Lipinski definition) is 4. The molecule has 1 atom stereocenters. The van der Waals surface area contributed by atoms with Crippen molar-refractivity contribution in [2.45, 2.75) is 23.3 Å². The Morgan fingerprint density at radius 2 is 1.93 bits per heavy atom. The van der Waals surface area contributed by atoms with Crippen LogP contribution in [0.2, 0.25) is 0 Å². The van der Waals surface area contributed by atoms with Crippen LogP contribution in [0.5, 0.6) is 0 Å². The van der Waals surface area contributed by atoms with Gasteiger partial charge >= 0.3 is 0 Å². The van der Waals surface area contributed by atoms with E-state index < -0.39 is 10.8 Å². The van der Waals surface area contributed by atoms with Crippen molar-refractivity contribution in [3.8, 4) is 0 Å². The Morgan fingerprint density at radius 1 is 1.10 bits per heavy atom. The Kier molecular flexibility index (Phi) is 5.22. The van der Waals surface area contributed by atoms with Crippen LogP contribution < -0.4 is 10.2 Å². The van der Waals surface area contributed by atoms with Gasteiger partial charge in [0.1, 0.15) is 0 Å². The Balaban J connectivity index is 1.69. The van der Waals surface area contributed by atoms with Crippen molar-refractivity contribution in [2.24, 2.45) is 0 Å². The zero-order valence-corrected chi connectivity index (χ0v) is 16.6. The van der Waals surface area contributed by atoms with Gasteiger partial charge in [-0.2, -0.15) is 0 Å². The van der Waals surface area contributed by atoms with Gasteiger partial charge in [-0.1, -0.05) is 18.2 Å². The highest BCUT2D eigenvalue weighted by Gasteiger charge is 2.30. The number of carbonyl (C=O) groups excluding carboxylic acids is 2. The summed E-state index contributed by atoms with van der Waals surface area (Å²) in [6.07, 6.45) is 3.36. The van der Waals surface area contributed by atoms with Gasteiger partial charge < -0.3 is 10.2 Å². The molecule has 2 heterocycles. The summed E-state index contributed by atoms with van der Waals surface area (Å²) < 4.78 is 13.2. The molecule has 0 bridgehead atoms. The predicted molar refractivity (Wildman–Crippen MR) is 110 cm³/mol.